The minimum atomic E-state index is -3.81. The molecule has 10 heteroatoms. The molecular formula is C16H31O9P. The average molecular weight is 398 g/mol. The van der Waals surface area contributed by atoms with Gasteiger partial charge in [0, 0.05) is 19.3 Å². The summed E-state index contributed by atoms with van der Waals surface area (Å²) in [5.74, 6) is -0.551. The topological polar surface area (TPSA) is 98.8 Å². The highest BCUT2D eigenvalue weighted by atomic mass is 31.2. The molecule has 0 rings (SSSR count). The quantitative estimate of drug-likeness (QED) is 0.149. The van der Waals surface area contributed by atoms with E-state index in [2.05, 4.69) is 6.58 Å². The minimum Gasteiger partial charge on any atom is -0.460 e. The lowest BCUT2D eigenvalue weighted by Gasteiger charge is -2.18. The summed E-state index contributed by atoms with van der Waals surface area (Å²) < 4.78 is 48.3. The molecule has 0 aliphatic heterocycles. The van der Waals surface area contributed by atoms with Crippen molar-refractivity contribution in [2.24, 2.45) is 0 Å². The van der Waals surface area contributed by atoms with Gasteiger partial charge in [-0.1, -0.05) is 13.5 Å². The highest BCUT2D eigenvalue weighted by Gasteiger charge is 2.26. The van der Waals surface area contributed by atoms with Gasteiger partial charge in [0.1, 0.15) is 6.61 Å². The van der Waals surface area contributed by atoms with Crippen LogP contribution < -0.4 is 0 Å². The van der Waals surface area contributed by atoms with Crippen LogP contribution in [-0.2, 0) is 41.9 Å². The van der Waals surface area contributed by atoms with E-state index >= 15 is 0 Å². The molecule has 1 atom stereocenters. The van der Waals surface area contributed by atoms with Crippen LogP contribution in [0.3, 0.4) is 0 Å². The Morgan fingerprint density at radius 1 is 0.846 bits per heavy atom. The number of carbonyl (C=O) groups excluding carboxylic acids is 1. The molecule has 154 valence electrons. The van der Waals surface area contributed by atoms with Gasteiger partial charge in [-0.2, -0.15) is 0 Å². The van der Waals surface area contributed by atoms with Crippen molar-refractivity contribution in [3.8, 4) is 0 Å². The van der Waals surface area contributed by atoms with Crippen LogP contribution >= 0.6 is 7.82 Å². The van der Waals surface area contributed by atoms with E-state index in [1.807, 2.05) is 6.92 Å². The van der Waals surface area contributed by atoms with E-state index in [4.69, 9.17) is 32.5 Å². The van der Waals surface area contributed by atoms with Gasteiger partial charge in [0.05, 0.1) is 46.2 Å². The molecule has 0 N–H and O–H groups in total. The van der Waals surface area contributed by atoms with E-state index in [0.29, 0.717) is 19.8 Å². The minimum absolute atomic E-state index is 0.0162. The number of hydrogen-bond donors (Lipinski definition) is 0. The van der Waals surface area contributed by atoms with Gasteiger partial charge in [-0.25, -0.2) is 9.36 Å². The highest BCUT2D eigenvalue weighted by molar-refractivity contribution is 7.48. The first kappa shape index (κ1) is 25.2. The summed E-state index contributed by atoms with van der Waals surface area (Å²) in [6.45, 7) is 8.70. The van der Waals surface area contributed by atoms with Crippen LogP contribution in [0.15, 0.2) is 12.2 Å². The zero-order valence-electron chi connectivity index (χ0n) is 15.9. The van der Waals surface area contributed by atoms with Crippen molar-refractivity contribution >= 4 is 13.8 Å². The summed E-state index contributed by atoms with van der Waals surface area (Å²) >= 11 is 0. The second-order valence-corrected chi connectivity index (χ2v) is 6.75. The van der Waals surface area contributed by atoms with Crippen LogP contribution in [0.25, 0.3) is 0 Å². The van der Waals surface area contributed by atoms with Gasteiger partial charge in [0.15, 0.2) is 0 Å². The number of phosphoric acid groups is 1. The Kier molecular flexibility index (Phi) is 15.9. The van der Waals surface area contributed by atoms with Crippen molar-refractivity contribution < 1.29 is 41.9 Å². The van der Waals surface area contributed by atoms with E-state index < -0.39 is 13.8 Å². The maximum atomic E-state index is 12.6. The average Bonchev–Trinajstić information content (AvgIpc) is 2.61. The number of phosphoric ester groups is 1. The summed E-state index contributed by atoms with van der Waals surface area (Å²) in [4.78, 5) is 11.3. The Labute approximate surface area is 155 Å². The van der Waals surface area contributed by atoms with E-state index in [1.165, 1.54) is 6.92 Å². The third-order valence-corrected chi connectivity index (χ3v) is 4.15. The molecule has 0 saturated carbocycles. The molecule has 0 aromatic heterocycles. The Hall–Kier alpha value is -0.800. The zero-order chi connectivity index (χ0) is 19.7. The van der Waals surface area contributed by atoms with Crippen molar-refractivity contribution in [3.63, 3.8) is 0 Å². The van der Waals surface area contributed by atoms with Crippen LogP contribution in [0.5, 0.6) is 0 Å². The number of ether oxygens (including phenoxy) is 4. The predicted molar refractivity (Wildman–Crippen MR) is 95.0 cm³/mol. The molecule has 0 fully saturated rings. The van der Waals surface area contributed by atoms with Gasteiger partial charge >= 0.3 is 13.8 Å². The summed E-state index contributed by atoms with van der Waals surface area (Å²) in [7, 11) is -2.25. The molecular weight excluding hydrogens is 367 g/mol. The van der Waals surface area contributed by atoms with E-state index in [0.717, 1.165) is 6.42 Å². The molecule has 0 saturated heterocycles. The van der Waals surface area contributed by atoms with Crippen LogP contribution in [-0.4, -0.2) is 72.5 Å². The lowest BCUT2D eigenvalue weighted by atomic mass is 10.4. The number of hydrogen-bond acceptors (Lipinski definition) is 9. The third-order valence-electron chi connectivity index (χ3n) is 2.65. The SMILES string of the molecule is C=C(C)C(=O)OCCOP(=O)(OCCOCCC)OCCOCCOC. The lowest BCUT2D eigenvalue weighted by Crippen LogP contribution is -2.14. The van der Waals surface area contributed by atoms with Crippen molar-refractivity contribution in [2.75, 3.05) is 66.6 Å². The van der Waals surface area contributed by atoms with Gasteiger partial charge in [0.25, 0.3) is 0 Å². The summed E-state index contributed by atoms with van der Waals surface area (Å²) in [6, 6.07) is 0. The molecule has 9 nitrogen and oxygen atoms in total. The largest absolute Gasteiger partial charge is 0.475 e. The van der Waals surface area contributed by atoms with Crippen LogP contribution in [0, 0.1) is 0 Å². The molecule has 1 unspecified atom stereocenters. The van der Waals surface area contributed by atoms with E-state index in [9.17, 15) is 9.36 Å². The second-order valence-electron chi connectivity index (χ2n) is 5.08. The first-order chi connectivity index (χ1) is 12.4. The standard InChI is InChI=1S/C16H31O9P/c1-5-6-20-9-12-23-26(18,24-13-10-21-8-7-19-4)25-14-11-22-16(17)15(2)3/h2,5-14H2,1,3-4H3. The second kappa shape index (κ2) is 16.4. The van der Waals surface area contributed by atoms with Crippen molar-refractivity contribution in [3.05, 3.63) is 12.2 Å². The summed E-state index contributed by atoms with van der Waals surface area (Å²) in [5, 5.41) is 0. The molecule has 0 amide bonds. The molecule has 0 aliphatic rings. The van der Waals surface area contributed by atoms with Crippen LogP contribution in [0.4, 0.5) is 0 Å². The maximum Gasteiger partial charge on any atom is 0.475 e. The molecule has 0 aliphatic carbocycles. The van der Waals surface area contributed by atoms with Gasteiger partial charge < -0.3 is 18.9 Å². The number of carbonyl (C=O) groups is 1. The summed E-state index contributed by atoms with van der Waals surface area (Å²) in [6.07, 6.45) is 0.873. The molecule has 0 aromatic carbocycles. The fourth-order valence-electron chi connectivity index (χ4n) is 1.43. The molecule has 26 heavy (non-hydrogen) atoms. The third kappa shape index (κ3) is 14.4. The summed E-state index contributed by atoms with van der Waals surface area (Å²) in [5.41, 5.74) is 0.266. The smallest absolute Gasteiger partial charge is 0.460 e. The normalized spacial score (nSPS) is 13.3. The van der Waals surface area contributed by atoms with Gasteiger partial charge in [-0.3, -0.25) is 13.6 Å². The van der Waals surface area contributed by atoms with Gasteiger partial charge in [-0.15, -0.1) is 0 Å². The lowest BCUT2D eigenvalue weighted by molar-refractivity contribution is -0.139. The van der Waals surface area contributed by atoms with Crippen molar-refractivity contribution in [1.82, 2.24) is 0 Å². The fraction of sp³-hybridized carbons (Fsp3) is 0.812. The Bertz CT molecular complexity index is 428. The first-order valence-electron chi connectivity index (χ1n) is 8.46. The monoisotopic (exact) mass is 398 g/mol. The van der Waals surface area contributed by atoms with E-state index in [-0.39, 0.29) is 45.2 Å². The first-order valence-corrected chi connectivity index (χ1v) is 9.92. The Balaban J connectivity index is 4.22. The number of esters is 1. The highest BCUT2D eigenvalue weighted by Crippen LogP contribution is 2.49. The number of rotatable bonds is 18. The molecule has 0 bridgehead atoms. The molecule has 0 aromatic rings. The number of methoxy groups -OCH3 is 1. The Morgan fingerprint density at radius 3 is 1.85 bits per heavy atom. The zero-order valence-corrected chi connectivity index (χ0v) is 16.8. The maximum absolute atomic E-state index is 12.6. The van der Waals surface area contributed by atoms with Gasteiger partial charge in [-0.05, 0) is 13.3 Å². The predicted octanol–water partition coefficient (Wildman–Crippen LogP) is 2.35. The van der Waals surface area contributed by atoms with Crippen molar-refractivity contribution in [1.29, 1.82) is 0 Å². The van der Waals surface area contributed by atoms with Gasteiger partial charge in [0.2, 0.25) is 0 Å². The molecule has 0 heterocycles. The van der Waals surface area contributed by atoms with Crippen LogP contribution in [0.1, 0.15) is 20.3 Å². The molecule has 0 spiro atoms. The van der Waals surface area contributed by atoms with Crippen LogP contribution in [0.2, 0.25) is 0 Å². The fourth-order valence-corrected chi connectivity index (χ4v) is 2.54. The van der Waals surface area contributed by atoms with Crippen molar-refractivity contribution in [2.45, 2.75) is 20.3 Å². The van der Waals surface area contributed by atoms with E-state index in [1.54, 1.807) is 7.11 Å². The molecule has 0 radical (unpaired) electrons. The Morgan fingerprint density at radius 2 is 1.35 bits per heavy atom.